The van der Waals surface area contributed by atoms with Gasteiger partial charge in [-0.05, 0) is 75.0 Å². The van der Waals surface area contributed by atoms with Crippen molar-refractivity contribution >= 4 is 17.5 Å². The molecule has 0 amide bonds. The number of carbonyl (C=O) groups excluding carboxylic acids is 3. The van der Waals surface area contributed by atoms with E-state index in [2.05, 4.69) is 13.8 Å². The summed E-state index contributed by atoms with van der Waals surface area (Å²) in [5.41, 5.74) is -3.72. The van der Waals surface area contributed by atoms with E-state index in [1.807, 2.05) is 27.7 Å². The average molecular weight is 591 g/mol. The Morgan fingerprint density at radius 3 is 2.31 bits per heavy atom. The van der Waals surface area contributed by atoms with Gasteiger partial charge < -0.3 is 29.5 Å². The van der Waals surface area contributed by atoms with Crippen LogP contribution in [0.5, 0.6) is 0 Å². The Labute approximate surface area is 249 Å². The predicted octanol–water partition coefficient (Wildman–Crippen LogP) is 2.99. The molecule has 6 fully saturated rings. The van der Waals surface area contributed by atoms with Crippen LogP contribution in [0.2, 0.25) is 0 Å². The number of epoxide rings is 2. The molecule has 0 bridgehead atoms. The molecule has 4 saturated carbocycles. The first kappa shape index (κ1) is 30.6. The van der Waals surface area contributed by atoms with Gasteiger partial charge >= 0.3 is 5.97 Å². The first-order valence-electron chi connectivity index (χ1n) is 16.1. The largest absolute Gasteiger partial charge is 0.460 e. The van der Waals surface area contributed by atoms with E-state index in [1.54, 1.807) is 0 Å². The number of Topliss-reactive ketones (excluding diaryl/α,β-unsaturated/α-hetero) is 2. The molecule has 0 unspecified atom stereocenters. The lowest BCUT2D eigenvalue weighted by atomic mass is 9.43. The highest BCUT2D eigenvalue weighted by atomic mass is 16.7. The number of ether oxygens (including phenoxy) is 3. The Morgan fingerprint density at radius 1 is 1.02 bits per heavy atom. The molecule has 6 aliphatic rings. The number of aliphatic hydroxyl groups excluding tert-OH is 2. The van der Waals surface area contributed by atoms with Crippen LogP contribution >= 0.6 is 0 Å². The van der Waals surface area contributed by atoms with Crippen molar-refractivity contribution in [3.05, 3.63) is 0 Å². The van der Waals surface area contributed by atoms with Gasteiger partial charge in [0.2, 0.25) is 0 Å². The van der Waals surface area contributed by atoms with E-state index in [0.717, 1.165) is 19.3 Å². The van der Waals surface area contributed by atoms with Crippen molar-refractivity contribution in [3.63, 3.8) is 0 Å². The summed E-state index contributed by atoms with van der Waals surface area (Å²) < 4.78 is 18.7. The molecule has 2 aliphatic heterocycles. The van der Waals surface area contributed by atoms with E-state index < -0.39 is 52.6 Å². The number of rotatable bonds is 8. The molecule has 14 atom stereocenters. The van der Waals surface area contributed by atoms with Crippen molar-refractivity contribution in [2.75, 3.05) is 0 Å². The lowest BCUT2D eigenvalue weighted by Crippen LogP contribution is -2.67. The number of hydrogen-bond acceptors (Lipinski definition) is 9. The second kappa shape index (κ2) is 9.32. The van der Waals surface area contributed by atoms with Gasteiger partial charge in [-0.1, -0.05) is 41.5 Å². The molecule has 0 aromatic carbocycles. The van der Waals surface area contributed by atoms with Crippen LogP contribution in [0.4, 0.5) is 0 Å². The van der Waals surface area contributed by atoms with Gasteiger partial charge in [-0.15, -0.1) is 0 Å². The van der Waals surface area contributed by atoms with Crippen LogP contribution in [0.15, 0.2) is 0 Å². The maximum absolute atomic E-state index is 14.3. The van der Waals surface area contributed by atoms with Crippen LogP contribution in [-0.4, -0.2) is 80.2 Å². The molecule has 2 spiro atoms. The fraction of sp³-hybridized carbons (Fsp3) is 0.909. The van der Waals surface area contributed by atoms with Gasteiger partial charge in [-0.3, -0.25) is 9.59 Å². The molecule has 2 saturated heterocycles. The molecule has 3 N–H and O–H groups in total. The third-order valence-electron chi connectivity index (χ3n) is 13.4. The van der Waals surface area contributed by atoms with Crippen LogP contribution < -0.4 is 0 Å². The summed E-state index contributed by atoms with van der Waals surface area (Å²) in [7, 11) is 0. The van der Waals surface area contributed by atoms with Crippen molar-refractivity contribution in [2.45, 2.75) is 141 Å². The maximum atomic E-state index is 14.3. The number of carbonyl (C=O) groups is 3. The van der Waals surface area contributed by atoms with Gasteiger partial charge in [0.1, 0.15) is 29.5 Å². The molecular weight excluding hydrogens is 540 g/mol. The minimum atomic E-state index is -1.67. The first-order chi connectivity index (χ1) is 19.4. The Hall–Kier alpha value is -1.39. The zero-order valence-corrected chi connectivity index (χ0v) is 26.4. The molecule has 0 radical (unpaired) electrons. The molecule has 0 aromatic heterocycles. The van der Waals surface area contributed by atoms with E-state index in [0.29, 0.717) is 19.3 Å². The lowest BCUT2D eigenvalue weighted by Gasteiger charge is -2.56. The van der Waals surface area contributed by atoms with Gasteiger partial charge in [-0.25, -0.2) is 4.79 Å². The minimum absolute atomic E-state index is 0.0657. The Balaban J connectivity index is 1.23. The highest BCUT2D eigenvalue weighted by Gasteiger charge is 2.91. The topological polar surface area (TPSA) is 146 Å². The molecule has 2 heterocycles. The summed E-state index contributed by atoms with van der Waals surface area (Å²) >= 11 is 0. The fourth-order valence-electron chi connectivity index (χ4n) is 10.3. The molecule has 9 heteroatoms. The molecule has 4 aliphatic carbocycles. The highest BCUT2D eigenvalue weighted by molar-refractivity contribution is 5.94. The summed E-state index contributed by atoms with van der Waals surface area (Å²) in [6, 6.07) is 0. The van der Waals surface area contributed by atoms with E-state index in [1.165, 1.54) is 13.8 Å². The summed E-state index contributed by atoms with van der Waals surface area (Å²) in [5.74, 6) is -1.30. The van der Waals surface area contributed by atoms with Crippen molar-refractivity contribution in [1.82, 2.24) is 0 Å². The van der Waals surface area contributed by atoms with Crippen LogP contribution in [-0.2, 0) is 28.6 Å². The molecule has 236 valence electrons. The quantitative estimate of drug-likeness (QED) is 0.287. The van der Waals surface area contributed by atoms with Gasteiger partial charge in [0.05, 0.1) is 17.6 Å². The fourth-order valence-corrected chi connectivity index (χ4v) is 10.3. The van der Waals surface area contributed by atoms with Gasteiger partial charge in [-0.2, -0.15) is 0 Å². The maximum Gasteiger partial charge on any atom is 0.338 e. The zero-order valence-electron chi connectivity index (χ0n) is 26.4. The monoisotopic (exact) mass is 590 g/mol. The van der Waals surface area contributed by atoms with Crippen LogP contribution in [0.1, 0.15) is 93.9 Å². The van der Waals surface area contributed by atoms with Crippen LogP contribution in [0.25, 0.3) is 0 Å². The van der Waals surface area contributed by atoms with Crippen molar-refractivity contribution in [2.24, 2.45) is 46.3 Å². The summed E-state index contributed by atoms with van der Waals surface area (Å²) in [6.07, 6.45) is 0.141. The summed E-state index contributed by atoms with van der Waals surface area (Å²) in [6.45, 7) is 15.1. The van der Waals surface area contributed by atoms with Crippen molar-refractivity contribution in [1.29, 1.82) is 0 Å². The normalized spacial score (nSPS) is 48.0. The number of ketones is 2. The van der Waals surface area contributed by atoms with Crippen molar-refractivity contribution in [3.8, 4) is 0 Å². The van der Waals surface area contributed by atoms with E-state index >= 15 is 0 Å². The summed E-state index contributed by atoms with van der Waals surface area (Å²) in [4.78, 5) is 40.3. The second-order valence-corrected chi connectivity index (χ2v) is 16.1. The Bertz CT molecular complexity index is 1180. The van der Waals surface area contributed by atoms with E-state index in [-0.39, 0.29) is 58.6 Å². The average Bonchev–Trinajstić information content (AvgIpc) is 3.79. The first-order valence-corrected chi connectivity index (χ1v) is 16.1. The lowest BCUT2D eigenvalue weighted by molar-refractivity contribution is -0.179. The SMILES string of the molecule is CC(C)[C@H](C)[C@@H](O)C(=O)[C@@H](C)[C@H]1CC[C@H]2[C@H]3C(=O)[C@@H]4O[C@@]45C[C@@H](OC(=O)[C@H](O)C(C)(C)O)CC[C@]5(C)[C@]34O[C@@H]4C[C@]12C. The summed E-state index contributed by atoms with van der Waals surface area (Å²) in [5, 5.41) is 31.2. The molecule has 9 nitrogen and oxygen atoms in total. The Morgan fingerprint density at radius 2 is 1.69 bits per heavy atom. The van der Waals surface area contributed by atoms with Gasteiger partial charge in [0.15, 0.2) is 17.7 Å². The van der Waals surface area contributed by atoms with E-state index in [9.17, 15) is 29.7 Å². The van der Waals surface area contributed by atoms with Crippen molar-refractivity contribution < 1.29 is 43.9 Å². The standard InChI is InChI=1S/C33H50O9/c1-15(2)16(3)23(34)24(35)17(4)19-9-10-20-22-25(36)27-32(42-27)13-18(40-28(38)26(37)29(5,6)39)11-12-31(32,8)33(22)21(41-33)14-30(19,20)7/h15-23,26-27,34,37,39H,9-14H2,1-8H3/t16-,17-,18-,19+,20-,21+,22-,23+,26-,27-,30+,31-,32-,33+/m0/s1. The molecular formula is C33H50O9. The molecule has 0 aromatic rings. The van der Waals surface area contributed by atoms with E-state index in [4.69, 9.17) is 14.2 Å². The van der Waals surface area contributed by atoms with Gasteiger partial charge in [0, 0.05) is 17.8 Å². The third kappa shape index (κ3) is 3.82. The number of hydrogen-bond donors (Lipinski definition) is 3. The Kier molecular flexibility index (Phi) is 6.79. The smallest absolute Gasteiger partial charge is 0.338 e. The second-order valence-electron chi connectivity index (χ2n) is 16.1. The van der Waals surface area contributed by atoms with Crippen LogP contribution in [0, 0.1) is 46.3 Å². The third-order valence-corrected chi connectivity index (χ3v) is 13.4. The molecule has 42 heavy (non-hydrogen) atoms. The van der Waals surface area contributed by atoms with Gasteiger partial charge in [0.25, 0.3) is 0 Å². The number of esters is 1. The highest BCUT2D eigenvalue weighted by Crippen LogP contribution is 2.80. The number of aliphatic hydroxyl groups is 3. The van der Waals surface area contributed by atoms with Crippen LogP contribution in [0.3, 0.4) is 0 Å². The number of fused-ring (bicyclic) bond motifs is 2. The predicted molar refractivity (Wildman–Crippen MR) is 151 cm³/mol. The minimum Gasteiger partial charge on any atom is -0.460 e. The zero-order chi connectivity index (χ0) is 30.9. The molecule has 6 rings (SSSR count).